The maximum Gasteiger partial charge on any atom is 0.237 e. The number of fused-ring (bicyclic) bond motifs is 6. The number of rotatable bonds is 13. The van der Waals surface area contributed by atoms with E-state index in [1.807, 2.05) is 193 Å². The summed E-state index contributed by atoms with van der Waals surface area (Å²) in [6.07, 6.45) is 0. The summed E-state index contributed by atoms with van der Waals surface area (Å²) >= 11 is 0. The molecular weight excluding hydrogens is 1190 g/mol. The lowest BCUT2D eigenvalue weighted by atomic mass is 9.85. The zero-order chi connectivity index (χ0) is 76.5. The highest BCUT2D eigenvalue weighted by atomic mass is 28.3. The Labute approximate surface area is 583 Å². The van der Waals surface area contributed by atoms with Gasteiger partial charge >= 0.3 is 0 Å². The molecule has 13 aromatic carbocycles. The van der Waals surface area contributed by atoms with Crippen molar-refractivity contribution in [2.45, 2.75) is 52.4 Å². The molecule has 0 aliphatic carbocycles. The van der Waals surface area contributed by atoms with E-state index in [0.717, 1.165) is 75.5 Å². The van der Waals surface area contributed by atoms with Gasteiger partial charge in [0, 0.05) is 33.2 Å². The molecule has 0 fully saturated rings. The molecule has 0 radical (unpaired) electrons. The Balaban J connectivity index is 1.15. The quantitative estimate of drug-likeness (QED) is 0.0852. The van der Waals surface area contributed by atoms with Crippen molar-refractivity contribution >= 4 is 101 Å². The van der Waals surface area contributed by atoms with Crippen LogP contribution in [-0.4, -0.2) is 35.2 Å². The fraction of sp³-hybridized carbons (Fsp3) is 0.0889. The first kappa shape index (κ1) is 46.9. The molecule has 0 unspecified atom stereocenters. The van der Waals surface area contributed by atoms with Crippen LogP contribution in [0.15, 0.2) is 339 Å². The Morgan fingerprint density at radius 3 is 1.07 bits per heavy atom. The average molecular weight is 1280 g/mol. The molecule has 0 bridgehead atoms. The smallest absolute Gasteiger partial charge is 0.237 e. The van der Waals surface area contributed by atoms with E-state index in [0.29, 0.717) is 27.3 Å². The van der Waals surface area contributed by atoms with Crippen molar-refractivity contribution in [3.05, 3.63) is 351 Å². The zero-order valence-electron chi connectivity index (χ0n) is 67.1. The number of para-hydroxylation sites is 2. The predicted octanol–water partition coefficient (Wildman–Crippen LogP) is 17.0. The van der Waals surface area contributed by atoms with E-state index in [1.54, 1.807) is 24.3 Å². The van der Waals surface area contributed by atoms with Crippen LogP contribution in [0.5, 0.6) is 0 Å². The van der Waals surface area contributed by atoms with Crippen LogP contribution < -0.4 is 41.5 Å². The summed E-state index contributed by atoms with van der Waals surface area (Å²) in [5, 5.41) is 8.42. The van der Waals surface area contributed by atoms with Crippen LogP contribution in [-0.2, 0) is 10.8 Å². The highest BCUT2D eigenvalue weighted by Gasteiger charge is 2.46. The van der Waals surface area contributed by atoms with Crippen LogP contribution >= 0.6 is 0 Å². The predicted molar refractivity (Wildman–Crippen MR) is 412 cm³/mol. The minimum atomic E-state index is -4.50. The molecule has 0 amide bonds. The Kier molecular flexibility index (Phi) is 11.8. The van der Waals surface area contributed by atoms with Crippen molar-refractivity contribution in [1.29, 1.82) is 0 Å². The van der Waals surface area contributed by atoms with Gasteiger partial charge in [0.25, 0.3) is 0 Å². The van der Waals surface area contributed by atoms with Gasteiger partial charge in [-0.3, -0.25) is 9.13 Å². The molecular formula is C90H74N4Si2. The normalized spacial score (nSPS) is 14.2. The molecule has 0 spiro atoms. The number of benzene rings is 13. The Morgan fingerprint density at radius 1 is 0.292 bits per heavy atom. The second-order valence-corrected chi connectivity index (χ2v) is 34.2. The summed E-state index contributed by atoms with van der Waals surface area (Å²) < 4.78 is 131. The van der Waals surface area contributed by atoms with E-state index in [9.17, 15) is 9.60 Å². The molecule has 96 heavy (non-hydrogen) atoms. The van der Waals surface area contributed by atoms with Gasteiger partial charge in [-0.25, -0.2) is 4.98 Å². The van der Waals surface area contributed by atoms with Crippen LogP contribution in [0.2, 0.25) is 0 Å². The lowest BCUT2D eigenvalue weighted by Crippen LogP contribution is -2.78. The number of hydrogen-bond acceptors (Lipinski definition) is 2. The third-order valence-electron chi connectivity index (χ3n) is 19.0. The van der Waals surface area contributed by atoms with Crippen LogP contribution in [0, 0.1) is 0 Å². The van der Waals surface area contributed by atoms with Crippen molar-refractivity contribution in [3.8, 4) is 45.3 Å². The van der Waals surface area contributed by atoms with E-state index in [4.69, 9.17) is 18.2 Å². The lowest BCUT2D eigenvalue weighted by molar-refractivity contribution is 0.590. The molecule has 0 aliphatic rings. The van der Waals surface area contributed by atoms with Crippen LogP contribution in [0.3, 0.4) is 0 Å². The van der Waals surface area contributed by atoms with E-state index in [1.165, 1.54) is 0 Å². The molecule has 0 saturated carbocycles. The summed E-state index contributed by atoms with van der Waals surface area (Å²) in [7, 11) is -8.99. The van der Waals surface area contributed by atoms with E-state index in [2.05, 4.69) is 94.6 Å². The summed E-state index contributed by atoms with van der Waals surface area (Å²) in [5.74, 6) is 0.656. The zero-order valence-corrected chi connectivity index (χ0v) is 56.1. The van der Waals surface area contributed by atoms with Crippen LogP contribution in [0.25, 0.3) is 88.9 Å². The van der Waals surface area contributed by atoms with Gasteiger partial charge in [0.1, 0.15) is 5.82 Å². The van der Waals surface area contributed by atoms with E-state index >= 15 is 0 Å². The standard InChI is InChI=1S/C90H74N4Si2/c1-89(2,3)68-51-53-85-80(59-68)81-60-69(90(4,5)6)52-54-86(81)93(85)87-62-82(91-88(92-87)94-83-49-27-25-47-78(83)79-48-26-28-50-84(79)94)67-57-76(95(70-37-17-9-18-38-70,71-39-19-10-20-40-71)74-45-29-35-65(55-74)63-31-13-7-14-32-63)61-77(58-67)96(72-41-21-11-22-42-72,73-43-23-12-24-44-73)75-46-30-36-66(56-75)64-33-15-8-16-34-64/h7-62H,1-6H3/i7D,8D,13D,14D,15D,16D,31D,32D,33D,34D,57D,58D,61D. The summed E-state index contributed by atoms with van der Waals surface area (Å²) in [5.41, 5.74) is 5.90. The fourth-order valence-corrected chi connectivity index (χ4v) is 23.6. The van der Waals surface area contributed by atoms with Crippen molar-refractivity contribution in [2.24, 2.45) is 0 Å². The van der Waals surface area contributed by atoms with Crippen molar-refractivity contribution in [1.82, 2.24) is 19.1 Å². The molecule has 16 aromatic rings. The molecule has 462 valence electrons. The second-order valence-electron chi connectivity index (χ2n) is 26.7. The Hall–Kier alpha value is -11.0. The number of nitrogens with zero attached hydrogens (tertiary/aromatic N) is 4. The lowest BCUT2D eigenvalue weighted by Gasteiger charge is -2.38. The Bertz CT molecular complexity index is 5890. The number of hydrogen-bond donors (Lipinski definition) is 0. The first-order valence-corrected chi connectivity index (χ1v) is 36.5. The highest BCUT2D eigenvalue weighted by molar-refractivity contribution is 7.22. The van der Waals surface area contributed by atoms with E-state index < -0.39 is 76.6 Å². The maximum absolute atomic E-state index is 12.0. The van der Waals surface area contributed by atoms with Gasteiger partial charge in [-0.15, -0.1) is 0 Å². The highest BCUT2D eigenvalue weighted by Crippen LogP contribution is 2.39. The van der Waals surface area contributed by atoms with Gasteiger partial charge in [0.05, 0.1) is 45.6 Å². The fourth-order valence-electron chi connectivity index (χ4n) is 14.3. The van der Waals surface area contributed by atoms with Crippen molar-refractivity contribution < 1.29 is 17.8 Å². The topological polar surface area (TPSA) is 35.6 Å². The summed E-state index contributed by atoms with van der Waals surface area (Å²) in [4.78, 5) is 11.6. The van der Waals surface area contributed by atoms with Gasteiger partial charge in [0.2, 0.25) is 5.95 Å². The molecule has 0 saturated heterocycles. The first-order chi connectivity index (χ1) is 52.3. The first-order valence-electron chi connectivity index (χ1n) is 39.0. The molecule has 3 heterocycles. The van der Waals surface area contributed by atoms with Gasteiger partial charge in [0.15, 0.2) is 16.1 Å². The maximum atomic E-state index is 12.0. The molecule has 6 heteroatoms. The van der Waals surface area contributed by atoms with E-state index in [-0.39, 0.29) is 67.7 Å². The van der Waals surface area contributed by atoms with Gasteiger partial charge < -0.3 is 0 Å². The third kappa shape index (κ3) is 10.3. The van der Waals surface area contributed by atoms with Gasteiger partial charge in [-0.05, 0) is 122 Å². The minimum Gasteiger partial charge on any atom is -0.294 e. The molecule has 0 N–H and O–H groups in total. The molecule has 3 aromatic heterocycles. The average Bonchev–Trinajstić information content (AvgIpc) is 1.55. The van der Waals surface area contributed by atoms with Crippen LogP contribution in [0.1, 0.15) is 70.5 Å². The van der Waals surface area contributed by atoms with Gasteiger partial charge in [-0.2, -0.15) is 4.98 Å². The summed E-state index contributed by atoms with van der Waals surface area (Å²) in [6.45, 7) is 13.2. The SMILES string of the molecule is [2H]c1c([2H])c([2H])c(-c2cccc([Si](c3ccccc3)(c3ccccc3)c3c([2H])c(-c4cc(-n5c6ccc(C(C)(C)C)cc6c6cc(C(C)(C)C)ccc65)nc(-n5c6ccccc6c6ccccc65)n4)c([2H])c([Si](c4ccccc4)(c4ccccc4)c4cccc(-c5c([2H])c([2H])c([2H])c([2H])c5[2H])c4)c3[2H])c2)c([2H])c1[2H]. The Morgan fingerprint density at radius 2 is 0.667 bits per heavy atom. The van der Waals surface area contributed by atoms with Crippen molar-refractivity contribution in [2.75, 3.05) is 0 Å². The third-order valence-corrected chi connectivity index (χ3v) is 28.1. The molecule has 16 rings (SSSR count). The summed E-state index contributed by atoms with van der Waals surface area (Å²) in [6, 6.07) is 79.9. The van der Waals surface area contributed by atoms with Gasteiger partial charge in [-0.1, -0.05) is 338 Å². The largest absolute Gasteiger partial charge is 0.294 e. The van der Waals surface area contributed by atoms with Crippen LogP contribution in [0.4, 0.5) is 0 Å². The molecule has 0 aliphatic heterocycles. The number of aromatic nitrogens is 4. The second kappa shape index (κ2) is 24.1. The van der Waals surface area contributed by atoms with Crippen molar-refractivity contribution in [3.63, 3.8) is 0 Å². The monoisotopic (exact) mass is 1280 g/mol. The minimum absolute atomic E-state index is 0.0315. The molecule has 4 nitrogen and oxygen atoms in total. The molecule has 0 atom stereocenters.